The minimum absolute atomic E-state index is 0.102. The topological polar surface area (TPSA) is 61.4 Å². The number of nitrogens with one attached hydrogen (secondary N) is 2. The number of halogens is 1. The molecule has 1 aliphatic rings. The molecule has 3 rings (SSSR count). The second kappa shape index (κ2) is 9.31. The van der Waals surface area contributed by atoms with Crippen molar-refractivity contribution in [2.75, 3.05) is 12.4 Å². The third-order valence-corrected chi connectivity index (χ3v) is 5.71. The van der Waals surface area contributed by atoms with Crippen LogP contribution in [-0.2, 0) is 19.4 Å². The predicted octanol–water partition coefficient (Wildman–Crippen LogP) is 5.02. The van der Waals surface area contributed by atoms with Gasteiger partial charge in [0, 0.05) is 30.2 Å². The molecule has 2 aromatic carbocycles. The third-order valence-electron chi connectivity index (χ3n) is 5.35. The van der Waals surface area contributed by atoms with Crippen LogP contribution in [0.15, 0.2) is 36.4 Å². The van der Waals surface area contributed by atoms with Gasteiger partial charge in [-0.05, 0) is 60.6 Å². The van der Waals surface area contributed by atoms with Gasteiger partial charge >= 0.3 is 6.03 Å². The van der Waals surface area contributed by atoms with Crippen molar-refractivity contribution in [3.63, 3.8) is 0 Å². The number of hydrogen-bond donors (Lipinski definition) is 2. The van der Waals surface area contributed by atoms with Gasteiger partial charge in [0.25, 0.3) is 5.91 Å². The zero-order valence-electron chi connectivity index (χ0n) is 17.2. The number of carbonyl (C=O) groups is 2. The minimum Gasteiger partial charge on any atom is -0.355 e. The smallest absolute Gasteiger partial charge is 0.322 e. The second-order valence-corrected chi connectivity index (χ2v) is 7.74. The maximum absolute atomic E-state index is 13.2. The maximum atomic E-state index is 13.2. The molecule has 0 heterocycles. The van der Waals surface area contributed by atoms with Crippen molar-refractivity contribution in [2.24, 2.45) is 0 Å². The Hall–Kier alpha value is -2.53. The minimum atomic E-state index is -0.117. The van der Waals surface area contributed by atoms with Gasteiger partial charge < -0.3 is 15.5 Å². The first-order valence-corrected chi connectivity index (χ1v) is 10.5. The van der Waals surface area contributed by atoms with Crippen molar-refractivity contribution in [2.45, 2.75) is 52.1 Å². The molecule has 0 atom stereocenters. The molecule has 6 heteroatoms. The van der Waals surface area contributed by atoms with Crippen LogP contribution in [0.5, 0.6) is 0 Å². The third kappa shape index (κ3) is 4.91. The van der Waals surface area contributed by atoms with E-state index < -0.39 is 0 Å². The summed E-state index contributed by atoms with van der Waals surface area (Å²) >= 11 is 6.38. The van der Waals surface area contributed by atoms with Crippen LogP contribution in [0.2, 0.25) is 5.02 Å². The lowest BCUT2D eigenvalue weighted by Gasteiger charge is -2.25. The number of benzene rings is 2. The Balaban J connectivity index is 1.79. The molecule has 0 radical (unpaired) electrons. The quantitative estimate of drug-likeness (QED) is 0.669. The van der Waals surface area contributed by atoms with Crippen LogP contribution >= 0.6 is 11.6 Å². The highest BCUT2D eigenvalue weighted by molar-refractivity contribution is 6.32. The zero-order valence-corrected chi connectivity index (χ0v) is 18.0. The summed E-state index contributed by atoms with van der Waals surface area (Å²) in [6.07, 6.45) is 3.61. The van der Waals surface area contributed by atoms with Crippen LogP contribution in [0, 0.1) is 0 Å². The summed E-state index contributed by atoms with van der Waals surface area (Å²) in [6.45, 7) is 4.63. The Morgan fingerprint density at radius 1 is 1.07 bits per heavy atom. The zero-order chi connectivity index (χ0) is 21.0. The summed E-state index contributed by atoms with van der Waals surface area (Å²) in [7, 11) is 1.61. The van der Waals surface area contributed by atoms with Crippen LogP contribution in [0.25, 0.3) is 0 Å². The van der Waals surface area contributed by atoms with Crippen molar-refractivity contribution in [1.29, 1.82) is 0 Å². The monoisotopic (exact) mass is 413 g/mol. The standard InChI is InChI=1S/C23H28ClN3O2/c1-4-16-10-13-20(24)19(5-2)21(16)26-23(29)27(18-11-12-18)14-15-6-8-17(9-7-15)22(28)25-3/h6-10,13,18H,4-5,11-12,14H2,1-3H3,(H,25,28)(H,26,29). The molecule has 0 aliphatic heterocycles. The SMILES string of the molecule is CCc1ccc(Cl)c(CC)c1NC(=O)N(Cc1ccc(C(=O)NC)cc1)C1CC1. The molecule has 2 aromatic rings. The average Bonchev–Trinajstić information content (AvgIpc) is 3.57. The molecule has 1 saturated carbocycles. The van der Waals surface area contributed by atoms with E-state index in [9.17, 15) is 9.59 Å². The van der Waals surface area contributed by atoms with Crippen molar-refractivity contribution >= 4 is 29.2 Å². The summed E-state index contributed by atoms with van der Waals surface area (Å²) in [6, 6.07) is 11.4. The Morgan fingerprint density at radius 2 is 1.76 bits per heavy atom. The van der Waals surface area contributed by atoms with Gasteiger partial charge in [0.15, 0.2) is 0 Å². The van der Waals surface area contributed by atoms with Gasteiger partial charge in [0.2, 0.25) is 0 Å². The number of urea groups is 1. The van der Waals surface area contributed by atoms with E-state index in [0.29, 0.717) is 17.1 Å². The van der Waals surface area contributed by atoms with Crippen molar-refractivity contribution < 1.29 is 9.59 Å². The molecule has 2 N–H and O–H groups in total. The second-order valence-electron chi connectivity index (χ2n) is 7.33. The number of rotatable bonds is 7. The molecule has 0 spiro atoms. The van der Waals surface area contributed by atoms with Gasteiger partial charge in [-0.25, -0.2) is 4.79 Å². The number of nitrogens with zero attached hydrogens (tertiary/aromatic N) is 1. The fraction of sp³-hybridized carbons (Fsp3) is 0.391. The van der Waals surface area contributed by atoms with Gasteiger partial charge in [-0.2, -0.15) is 0 Å². The van der Waals surface area contributed by atoms with Crippen LogP contribution in [0.4, 0.5) is 10.5 Å². The number of carbonyl (C=O) groups excluding carboxylic acids is 2. The summed E-state index contributed by atoms with van der Waals surface area (Å²) < 4.78 is 0. The molecule has 5 nitrogen and oxygen atoms in total. The van der Waals surface area contributed by atoms with Gasteiger partial charge in [-0.1, -0.05) is 43.6 Å². The molecule has 0 bridgehead atoms. The Bertz CT molecular complexity index is 892. The Labute approximate surface area is 177 Å². The Kier molecular flexibility index (Phi) is 6.80. The maximum Gasteiger partial charge on any atom is 0.322 e. The molecule has 154 valence electrons. The number of aryl methyl sites for hydroxylation is 1. The lowest BCUT2D eigenvalue weighted by molar-refractivity contribution is 0.0963. The summed E-state index contributed by atoms with van der Waals surface area (Å²) in [5.41, 5.74) is 4.51. The molecule has 0 unspecified atom stereocenters. The first kappa shape index (κ1) is 21.2. The van der Waals surface area contributed by atoms with Crippen molar-refractivity contribution in [3.05, 3.63) is 63.7 Å². The predicted molar refractivity (Wildman–Crippen MR) is 118 cm³/mol. The molecule has 1 aliphatic carbocycles. The number of anilines is 1. The van der Waals surface area contributed by atoms with Crippen LogP contribution < -0.4 is 10.6 Å². The number of amides is 3. The van der Waals surface area contributed by atoms with Gasteiger partial charge in [-0.15, -0.1) is 0 Å². The summed E-state index contributed by atoms with van der Waals surface area (Å²) in [5.74, 6) is -0.117. The lowest BCUT2D eigenvalue weighted by atomic mass is 10.0. The van der Waals surface area contributed by atoms with E-state index in [0.717, 1.165) is 48.1 Å². The van der Waals surface area contributed by atoms with Crippen molar-refractivity contribution in [3.8, 4) is 0 Å². The van der Waals surface area contributed by atoms with Gasteiger partial charge in [0.1, 0.15) is 0 Å². The highest BCUT2D eigenvalue weighted by atomic mass is 35.5. The van der Waals surface area contributed by atoms with Crippen LogP contribution in [0.3, 0.4) is 0 Å². The first-order valence-electron chi connectivity index (χ1n) is 10.2. The van der Waals surface area contributed by atoms with E-state index >= 15 is 0 Å². The van der Waals surface area contributed by atoms with Crippen LogP contribution in [-0.4, -0.2) is 29.9 Å². The van der Waals surface area contributed by atoms with E-state index in [1.165, 1.54) is 0 Å². The molecule has 0 aromatic heterocycles. The van der Waals surface area contributed by atoms with E-state index in [2.05, 4.69) is 17.6 Å². The molecule has 1 fully saturated rings. The van der Waals surface area contributed by atoms with E-state index in [1.54, 1.807) is 19.2 Å². The van der Waals surface area contributed by atoms with Gasteiger partial charge in [0.05, 0.1) is 5.69 Å². The van der Waals surface area contributed by atoms with Crippen molar-refractivity contribution in [1.82, 2.24) is 10.2 Å². The van der Waals surface area contributed by atoms with E-state index in [4.69, 9.17) is 11.6 Å². The fourth-order valence-corrected chi connectivity index (χ4v) is 3.79. The molecule has 0 saturated heterocycles. The summed E-state index contributed by atoms with van der Waals surface area (Å²) in [4.78, 5) is 26.8. The normalized spacial score (nSPS) is 13.1. The van der Waals surface area contributed by atoms with E-state index in [1.807, 2.05) is 36.1 Å². The Morgan fingerprint density at radius 3 is 2.31 bits per heavy atom. The molecule has 29 heavy (non-hydrogen) atoms. The molecular formula is C23H28ClN3O2. The van der Waals surface area contributed by atoms with Gasteiger partial charge in [-0.3, -0.25) is 4.79 Å². The lowest BCUT2D eigenvalue weighted by Crippen LogP contribution is -2.36. The molecular weight excluding hydrogens is 386 g/mol. The van der Waals surface area contributed by atoms with E-state index in [-0.39, 0.29) is 18.0 Å². The number of hydrogen-bond acceptors (Lipinski definition) is 2. The largest absolute Gasteiger partial charge is 0.355 e. The molecule has 3 amide bonds. The highest BCUT2D eigenvalue weighted by Gasteiger charge is 2.33. The fourth-order valence-electron chi connectivity index (χ4n) is 3.50. The first-order chi connectivity index (χ1) is 14.0. The summed E-state index contributed by atoms with van der Waals surface area (Å²) in [5, 5.41) is 6.44. The van der Waals surface area contributed by atoms with Crippen LogP contribution in [0.1, 0.15) is 53.7 Å². The average molecular weight is 414 g/mol. The highest BCUT2D eigenvalue weighted by Crippen LogP contribution is 2.32.